The molecule has 0 atom stereocenters. The van der Waals surface area contributed by atoms with Crippen molar-refractivity contribution in [2.75, 3.05) is 26.2 Å². The molecule has 1 saturated heterocycles. The summed E-state index contributed by atoms with van der Waals surface area (Å²) in [5.41, 5.74) is 3.82. The highest BCUT2D eigenvalue weighted by Crippen LogP contribution is 2.31. The lowest BCUT2D eigenvalue weighted by Crippen LogP contribution is -2.50. The van der Waals surface area contributed by atoms with Gasteiger partial charge in [0.15, 0.2) is 0 Å². The molecule has 4 aromatic rings. The normalized spacial score (nSPS) is 14.1. The minimum absolute atomic E-state index is 0.0228. The highest BCUT2D eigenvalue weighted by Gasteiger charge is 2.27. The van der Waals surface area contributed by atoms with Crippen LogP contribution in [0.5, 0.6) is 0 Å². The summed E-state index contributed by atoms with van der Waals surface area (Å²) < 4.78 is 1.91. The van der Waals surface area contributed by atoms with Crippen molar-refractivity contribution in [1.29, 1.82) is 0 Å². The van der Waals surface area contributed by atoms with Gasteiger partial charge < -0.3 is 9.80 Å². The zero-order valence-electron chi connectivity index (χ0n) is 18.8. The average Bonchev–Trinajstić information content (AvgIpc) is 3.44. The van der Waals surface area contributed by atoms with Gasteiger partial charge in [-0.15, -0.1) is 11.3 Å². The number of hydrogen-bond donors (Lipinski definition) is 0. The molecule has 0 bridgehead atoms. The van der Waals surface area contributed by atoms with E-state index in [0.29, 0.717) is 36.6 Å². The quantitative estimate of drug-likeness (QED) is 0.451. The molecule has 0 radical (unpaired) electrons. The Bertz CT molecular complexity index is 1300. The van der Waals surface area contributed by atoms with Gasteiger partial charge in [-0.25, -0.2) is 4.68 Å². The fourth-order valence-corrected chi connectivity index (χ4v) is 5.38. The SMILES string of the molecule is CCc1ccc(C(=O)N2CCN(C(=O)c3cc4c(C)nn(-c5ccccc5)c4s3)CC2)cc1. The first-order valence-corrected chi connectivity index (χ1v) is 12.1. The Morgan fingerprint density at radius 1 is 0.909 bits per heavy atom. The second-order valence-corrected chi connectivity index (χ2v) is 9.33. The van der Waals surface area contributed by atoms with E-state index in [1.165, 1.54) is 16.9 Å². The van der Waals surface area contributed by atoms with E-state index < -0.39 is 0 Å². The Labute approximate surface area is 197 Å². The van der Waals surface area contributed by atoms with E-state index in [0.717, 1.165) is 28.0 Å². The van der Waals surface area contributed by atoms with Crippen molar-refractivity contribution in [3.63, 3.8) is 0 Å². The van der Waals surface area contributed by atoms with Crippen LogP contribution in [0.1, 0.15) is 38.2 Å². The number of piperazine rings is 1. The monoisotopic (exact) mass is 458 g/mol. The third-order valence-electron chi connectivity index (χ3n) is 6.22. The van der Waals surface area contributed by atoms with Crippen molar-refractivity contribution in [3.05, 3.63) is 82.4 Å². The van der Waals surface area contributed by atoms with Crippen molar-refractivity contribution < 1.29 is 9.59 Å². The number of fused-ring (bicyclic) bond motifs is 1. The van der Waals surface area contributed by atoms with Gasteiger partial charge in [0.2, 0.25) is 0 Å². The molecule has 1 aliphatic heterocycles. The van der Waals surface area contributed by atoms with Gasteiger partial charge in [0.05, 0.1) is 16.3 Å². The van der Waals surface area contributed by atoms with Crippen molar-refractivity contribution in [3.8, 4) is 5.69 Å². The lowest BCUT2D eigenvalue weighted by Gasteiger charge is -2.34. The van der Waals surface area contributed by atoms with E-state index in [-0.39, 0.29) is 11.8 Å². The first-order chi connectivity index (χ1) is 16.0. The van der Waals surface area contributed by atoms with Crippen molar-refractivity contribution >= 4 is 33.4 Å². The van der Waals surface area contributed by atoms with Gasteiger partial charge in [-0.05, 0) is 49.2 Å². The lowest BCUT2D eigenvalue weighted by molar-refractivity contribution is 0.0538. The van der Waals surface area contributed by atoms with Gasteiger partial charge in [0.1, 0.15) is 4.83 Å². The number of hydrogen-bond acceptors (Lipinski definition) is 4. The maximum Gasteiger partial charge on any atom is 0.264 e. The van der Waals surface area contributed by atoms with E-state index >= 15 is 0 Å². The van der Waals surface area contributed by atoms with Crippen LogP contribution < -0.4 is 0 Å². The Morgan fingerprint density at radius 3 is 2.18 bits per heavy atom. The summed E-state index contributed by atoms with van der Waals surface area (Å²) in [5.74, 6) is 0.0554. The summed E-state index contributed by atoms with van der Waals surface area (Å²) in [7, 11) is 0. The number of thiophene rings is 1. The summed E-state index contributed by atoms with van der Waals surface area (Å²) in [6.07, 6.45) is 0.954. The van der Waals surface area contributed by atoms with Crippen LogP contribution in [0.25, 0.3) is 15.9 Å². The van der Waals surface area contributed by atoms with Crippen LogP contribution in [0.3, 0.4) is 0 Å². The smallest absolute Gasteiger partial charge is 0.264 e. The van der Waals surface area contributed by atoms with Gasteiger partial charge in [-0.3, -0.25) is 9.59 Å². The van der Waals surface area contributed by atoms with Gasteiger partial charge in [-0.2, -0.15) is 5.10 Å². The predicted molar refractivity (Wildman–Crippen MR) is 131 cm³/mol. The standard InChI is InChI=1S/C26H26N4O2S/c1-3-19-9-11-20(12-10-19)24(31)28-13-15-29(16-14-28)25(32)23-17-22-18(2)27-30(26(22)33-23)21-7-5-4-6-8-21/h4-12,17H,3,13-16H2,1-2H3. The number of aryl methyl sites for hydroxylation is 2. The number of aromatic nitrogens is 2. The van der Waals surface area contributed by atoms with Crippen LogP contribution >= 0.6 is 11.3 Å². The number of benzene rings is 2. The summed E-state index contributed by atoms with van der Waals surface area (Å²) in [4.78, 5) is 31.5. The molecule has 1 aliphatic rings. The summed E-state index contributed by atoms with van der Waals surface area (Å²) in [6, 6.07) is 19.7. The van der Waals surface area contributed by atoms with Crippen LogP contribution in [0, 0.1) is 6.92 Å². The van der Waals surface area contributed by atoms with Crippen molar-refractivity contribution in [2.24, 2.45) is 0 Å². The second-order valence-electron chi connectivity index (χ2n) is 8.30. The maximum atomic E-state index is 13.2. The summed E-state index contributed by atoms with van der Waals surface area (Å²) in [5, 5.41) is 5.67. The van der Waals surface area contributed by atoms with Gasteiger partial charge in [0.25, 0.3) is 11.8 Å². The van der Waals surface area contributed by atoms with Crippen molar-refractivity contribution in [1.82, 2.24) is 19.6 Å². The van der Waals surface area contributed by atoms with E-state index in [9.17, 15) is 9.59 Å². The van der Waals surface area contributed by atoms with Crippen LogP contribution in [-0.4, -0.2) is 57.6 Å². The van der Waals surface area contributed by atoms with E-state index in [1.807, 2.05) is 82.1 Å². The molecule has 0 saturated carbocycles. The molecular formula is C26H26N4O2S. The molecule has 3 heterocycles. The number of carbonyl (C=O) groups excluding carboxylic acids is 2. The molecule has 1 fully saturated rings. The largest absolute Gasteiger partial charge is 0.335 e. The van der Waals surface area contributed by atoms with Crippen LogP contribution in [0.2, 0.25) is 0 Å². The first kappa shape index (κ1) is 21.4. The molecule has 0 aliphatic carbocycles. The Balaban J connectivity index is 1.29. The molecular weight excluding hydrogens is 432 g/mol. The lowest BCUT2D eigenvalue weighted by atomic mass is 10.1. The summed E-state index contributed by atoms with van der Waals surface area (Å²) in [6.45, 7) is 6.23. The number of rotatable bonds is 4. The molecule has 6 nitrogen and oxygen atoms in total. The van der Waals surface area contributed by atoms with Gasteiger partial charge in [-0.1, -0.05) is 37.3 Å². The van der Waals surface area contributed by atoms with E-state index in [2.05, 4.69) is 12.0 Å². The zero-order valence-corrected chi connectivity index (χ0v) is 19.6. The Morgan fingerprint density at radius 2 is 1.55 bits per heavy atom. The third-order valence-corrected chi connectivity index (χ3v) is 7.32. The fraction of sp³-hybridized carbons (Fsp3) is 0.269. The molecule has 33 heavy (non-hydrogen) atoms. The number of amides is 2. The Kier molecular flexibility index (Phi) is 5.72. The van der Waals surface area contributed by atoms with Crippen molar-refractivity contribution in [2.45, 2.75) is 20.3 Å². The number of para-hydroxylation sites is 1. The molecule has 0 unspecified atom stereocenters. The maximum absolute atomic E-state index is 13.2. The first-order valence-electron chi connectivity index (χ1n) is 11.3. The molecule has 2 amide bonds. The Hall–Kier alpha value is -3.45. The summed E-state index contributed by atoms with van der Waals surface area (Å²) >= 11 is 1.48. The molecule has 5 rings (SSSR count). The van der Waals surface area contributed by atoms with E-state index in [4.69, 9.17) is 0 Å². The topological polar surface area (TPSA) is 58.4 Å². The molecule has 2 aromatic heterocycles. The van der Waals surface area contributed by atoms with Crippen LogP contribution in [0.4, 0.5) is 0 Å². The fourth-order valence-electron chi connectivity index (χ4n) is 4.23. The molecule has 0 spiro atoms. The highest BCUT2D eigenvalue weighted by atomic mass is 32.1. The third kappa shape index (κ3) is 4.04. The highest BCUT2D eigenvalue weighted by molar-refractivity contribution is 7.20. The van der Waals surface area contributed by atoms with Gasteiger partial charge in [0, 0.05) is 37.1 Å². The second kappa shape index (κ2) is 8.83. The zero-order chi connectivity index (χ0) is 22.9. The van der Waals surface area contributed by atoms with Crippen LogP contribution in [-0.2, 0) is 6.42 Å². The van der Waals surface area contributed by atoms with Crippen LogP contribution in [0.15, 0.2) is 60.7 Å². The molecule has 168 valence electrons. The average molecular weight is 459 g/mol. The number of nitrogens with zero attached hydrogens (tertiary/aromatic N) is 4. The van der Waals surface area contributed by atoms with Gasteiger partial charge >= 0.3 is 0 Å². The van der Waals surface area contributed by atoms with E-state index in [1.54, 1.807) is 0 Å². The minimum atomic E-state index is 0.0228. The molecule has 0 N–H and O–H groups in total. The molecule has 2 aromatic carbocycles. The predicted octanol–water partition coefficient (Wildman–Crippen LogP) is 4.56. The molecule has 7 heteroatoms. The number of carbonyl (C=O) groups is 2. The minimum Gasteiger partial charge on any atom is -0.335 e.